The van der Waals surface area contributed by atoms with Crippen LogP contribution in [0.1, 0.15) is 24.6 Å². The average molecular weight is 284 g/mol. The molecule has 1 fully saturated rings. The van der Waals surface area contributed by atoms with Crippen LogP contribution in [0, 0.1) is 0 Å². The van der Waals surface area contributed by atoms with E-state index in [1.807, 2.05) is 17.9 Å². The summed E-state index contributed by atoms with van der Waals surface area (Å²) < 4.78 is 1.88. The Bertz CT molecular complexity index is 577. The molecule has 0 saturated carbocycles. The highest BCUT2D eigenvalue weighted by molar-refractivity contribution is 5.24. The predicted molar refractivity (Wildman–Crippen MR) is 84.9 cm³/mol. The van der Waals surface area contributed by atoms with Crippen LogP contribution in [0.3, 0.4) is 0 Å². The average Bonchev–Trinajstić information content (AvgIpc) is 2.79. The topological polar surface area (TPSA) is 33.1 Å². The number of nitrogens with zero attached hydrogens (tertiary/aromatic N) is 3. The molecule has 0 spiro atoms. The van der Waals surface area contributed by atoms with Crippen LogP contribution in [0.4, 0.5) is 0 Å². The Labute approximate surface area is 126 Å². The molecule has 1 aromatic carbocycles. The third-order valence-corrected chi connectivity index (χ3v) is 4.27. The highest BCUT2D eigenvalue weighted by Gasteiger charge is 2.30. The molecule has 1 aromatic heterocycles. The fraction of sp³-hybridized carbons (Fsp3) is 0.471. The molecule has 3 rings (SSSR count). The summed E-state index contributed by atoms with van der Waals surface area (Å²) in [6.45, 7) is 6.41. The van der Waals surface area contributed by atoms with Crippen LogP contribution < -0.4 is 5.32 Å². The molecule has 1 aliphatic rings. The van der Waals surface area contributed by atoms with Crippen LogP contribution in [-0.2, 0) is 19.1 Å². The molecule has 0 bridgehead atoms. The zero-order valence-corrected chi connectivity index (χ0v) is 12.9. The van der Waals surface area contributed by atoms with Crippen LogP contribution in [-0.4, -0.2) is 34.3 Å². The van der Waals surface area contributed by atoms with Gasteiger partial charge in [-0.25, -0.2) is 0 Å². The summed E-state index contributed by atoms with van der Waals surface area (Å²) in [4.78, 5) is 2.51. The van der Waals surface area contributed by atoms with Gasteiger partial charge in [0.25, 0.3) is 0 Å². The smallest absolute Gasteiger partial charge is 0.0764 e. The molecule has 1 saturated heterocycles. The van der Waals surface area contributed by atoms with Crippen molar-refractivity contribution in [2.75, 3.05) is 19.6 Å². The number of aromatic nitrogens is 2. The summed E-state index contributed by atoms with van der Waals surface area (Å²) in [6.07, 6.45) is 3.19. The minimum absolute atomic E-state index is 0.00649. The number of hydrogen-bond donors (Lipinski definition) is 1. The van der Waals surface area contributed by atoms with E-state index in [9.17, 15) is 0 Å². The van der Waals surface area contributed by atoms with Gasteiger partial charge in [-0.3, -0.25) is 9.58 Å². The number of nitrogens with one attached hydrogen (secondary N) is 1. The van der Waals surface area contributed by atoms with Gasteiger partial charge in [-0.1, -0.05) is 30.3 Å². The van der Waals surface area contributed by atoms with E-state index in [1.54, 1.807) is 0 Å². The lowest BCUT2D eigenvalue weighted by Gasteiger charge is -2.34. The molecule has 4 heteroatoms. The second kappa shape index (κ2) is 6.00. The van der Waals surface area contributed by atoms with Gasteiger partial charge in [0.1, 0.15) is 0 Å². The van der Waals surface area contributed by atoms with Crippen molar-refractivity contribution < 1.29 is 0 Å². The Morgan fingerprint density at radius 1 is 1.24 bits per heavy atom. The largest absolute Gasteiger partial charge is 0.307 e. The van der Waals surface area contributed by atoms with Crippen LogP contribution in [0.2, 0.25) is 0 Å². The molecule has 1 N–H and O–H groups in total. The standard InChI is InChI=1S/C17H24N4/c1-17(15-7-4-3-5-8-15)14-21(11-6-10-18-17)13-16-9-12-20(2)19-16/h3-5,7-9,12,18H,6,10-11,13-14H2,1-2H3. The van der Waals surface area contributed by atoms with Gasteiger partial charge in [-0.2, -0.15) is 5.10 Å². The summed E-state index contributed by atoms with van der Waals surface area (Å²) in [6, 6.07) is 12.9. The van der Waals surface area contributed by atoms with Crippen molar-refractivity contribution in [3.8, 4) is 0 Å². The lowest BCUT2D eigenvalue weighted by Crippen LogP contribution is -2.46. The molecule has 2 aromatic rings. The van der Waals surface area contributed by atoms with Crippen molar-refractivity contribution in [3.63, 3.8) is 0 Å². The Morgan fingerprint density at radius 3 is 2.76 bits per heavy atom. The summed E-state index contributed by atoms with van der Waals surface area (Å²) in [5, 5.41) is 8.24. The number of hydrogen-bond acceptors (Lipinski definition) is 3. The summed E-state index contributed by atoms with van der Waals surface area (Å²) in [5.41, 5.74) is 2.51. The number of rotatable bonds is 3. The van der Waals surface area contributed by atoms with Gasteiger partial charge in [0.05, 0.1) is 11.2 Å². The fourth-order valence-corrected chi connectivity index (χ4v) is 3.16. The van der Waals surface area contributed by atoms with Gasteiger partial charge in [-0.05, 0) is 38.1 Å². The van der Waals surface area contributed by atoms with E-state index in [1.165, 1.54) is 12.0 Å². The molecular formula is C17H24N4. The van der Waals surface area contributed by atoms with E-state index in [2.05, 4.69) is 58.6 Å². The van der Waals surface area contributed by atoms with E-state index in [0.717, 1.165) is 31.9 Å². The minimum Gasteiger partial charge on any atom is -0.307 e. The molecule has 21 heavy (non-hydrogen) atoms. The van der Waals surface area contributed by atoms with Gasteiger partial charge < -0.3 is 5.32 Å². The molecule has 0 radical (unpaired) electrons. The zero-order chi connectivity index (χ0) is 14.7. The van der Waals surface area contributed by atoms with Crippen molar-refractivity contribution >= 4 is 0 Å². The monoisotopic (exact) mass is 284 g/mol. The fourth-order valence-electron chi connectivity index (χ4n) is 3.16. The first-order valence-corrected chi connectivity index (χ1v) is 7.67. The van der Waals surface area contributed by atoms with Gasteiger partial charge >= 0.3 is 0 Å². The molecule has 1 unspecified atom stereocenters. The Balaban J connectivity index is 1.77. The van der Waals surface area contributed by atoms with Crippen LogP contribution >= 0.6 is 0 Å². The SMILES string of the molecule is Cn1ccc(CN2CCCNC(C)(c3ccccc3)C2)n1. The normalized spacial score (nSPS) is 23.9. The van der Waals surface area contributed by atoms with Crippen molar-refractivity contribution in [1.82, 2.24) is 20.0 Å². The third kappa shape index (κ3) is 3.34. The second-order valence-corrected chi connectivity index (χ2v) is 6.17. The summed E-state index contributed by atoms with van der Waals surface area (Å²) >= 11 is 0. The molecule has 4 nitrogen and oxygen atoms in total. The molecule has 1 atom stereocenters. The Morgan fingerprint density at radius 2 is 2.05 bits per heavy atom. The maximum absolute atomic E-state index is 4.51. The maximum atomic E-state index is 4.51. The van der Waals surface area contributed by atoms with Gasteiger partial charge in [0.15, 0.2) is 0 Å². The van der Waals surface area contributed by atoms with Crippen LogP contribution in [0.5, 0.6) is 0 Å². The first kappa shape index (κ1) is 14.3. The predicted octanol–water partition coefficient (Wildman–Crippen LogP) is 2.13. The maximum Gasteiger partial charge on any atom is 0.0764 e. The lowest BCUT2D eigenvalue weighted by atomic mass is 9.91. The first-order chi connectivity index (χ1) is 10.2. The van der Waals surface area contributed by atoms with E-state index in [4.69, 9.17) is 0 Å². The van der Waals surface area contributed by atoms with Crippen LogP contribution in [0.15, 0.2) is 42.6 Å². The molecular weight excluding hydrogens is 260 g/mol. The van der Waals surface area contributed by atoms with E-state index in [0.29, 0.717) is 0 Å². The first-order valence-electron chi connectivity index (χ1n) is 7.67. The molecule has 0 amide bonds. The quantitative estimate of drug-likeness (QED) is 0.937. The Hall–Kier alpha value is -1.65. The molecule has 1 aliphatic heterocycles. The van der Waals surface area contributed by atoms with E-state index in [-0.39, 0.29) is 5.54 Å². The van der Waals surface area contributed by atoms with Gasteiger partial charge in [0, 0.05) is 26.3 Å². The Kier molecular flexibility index (Phi) is 4.08. The van der Waals surface area contributed by atoms with Gasteiger partial charge in [0.2, 0.25) is 0 Å². The van der Waals surface area contributed by atoms with Gasteiger partial charge in [-0.15, -0.1) is 0 Å². The third-order valence-electron chi connectivity index (χ3n) is 4.27. The molecule has 0 aliphatic carbocycles. The van der Waals surface area contributed by atoms with Crippen molar-refractivity contribution in [2.45, 2.75) is 25.4 Å². The lowest BCUT2D eigenvalue weighted by molar-refractivity contribution is 0.211. The highest BCUT2D eigenvalue weighted by atomic mass is 15.3. The molecule has 112 valence electrons. The minimum atomic E-state index is 0.00649. The van der Waals surface area contributed by atoms with E-state index >= 15 is 0 Å². The van der Waals surface area contributed by atoms with Crippen LogP contribution in [0.25, 0.3) is 0 Å². The van der Waals surface area contributed by atoms with Crippen molar-refractivity contribution in [2.24, 2.45) is 7.05 Å². The summed E-state index contributed by atoms with van der Waals surface area (Å²) in [7, 11) is 1.97. The summed E-state index contributed by atoms with van der Waals surface area (Å²) in [5.74, 6) is 0. The number of aryl methyl sites for hydroxylation is 1. The molecule has 2 heterocycles. The van der Waals surface area contributed by atoms with Crippen molar-refractivity contribution in [3.05, 3.63) is 53.9 Å². The van der Waals surface area contributed by atoms with E-state index < -0.39 is 0 Å². The zero-order valence-electron chi connectivity index (χ0n) is 12.9. The van der Waals surface area contributed by atoms with Crippen molar-refractivity contribution in [1.29, 1.82) is 0 Å². The number of benzene rings is 1. The second-order valence-electron chi connectivity index (χ2n) is 6.17. The highest BCUT2D eigenvalue weighted by Crippen LogP contribution is 2.24.